The molecule has 7 heteroatoms. The number of carbonyl (C=O) groups is 1. The number of carbonyl (C=O) groups excluding carboxylic acids is 1. The third kappa shape index (κ3) is 4.58. The van der Waals surface area contributed by atoms with E-state index in [1.165, 1.54) is 6.07 Å². The molecule has 0 spiro atoms. The number of rotatable bonds is 4. The molecular formula is C15H12Cl2F2N2O. The maximum absolute atomic E-state index is 13.0. The van der Waals surface area contributed by atoms with Gasteiger partial charge < -0.3 is 10.6 Å². The van der Waals surface area contributed by atoms with Crippen molar-refractivity contribution in [2.45, 2.75) is 13.1 Å². The molecule has 0 atom stereocenters. The lowest BCUT2D eigenvalue weighted by atomic mass is 10.2. The van der Waals surface area contributed by atoms with Gasteiger partial charge >= 0.3 is 6.03 Å². The molecule has 0 aliphatic rings. The van der Waals surface area contributed by atoms with Gasteiger partial charge in [-0.15, -0.1) is 0 Å². The van der Waals surface area contributed by atoms with E-state index in [0.29, 0.717) is 21.2 Å². The van der Waals surface area contributed by atoms with Crippen LogP contribution in [0.4, 0.5) is 13.6 Å². The van der Waals surface area contributed by atoms with Crippen molar-refractivity contribution in [3.63, 3.8) is 0 Å². The number of benzene rings is 2. The van der Waals surface area contributed by atoms with Crippen LogP contribution < -0.4 is 10.6 Å². The summed E-state index contributed by atoms with van der Waals surface area (Å²) in [5.41, 5.74) is 1.17. The molecule has 116 valence electrons. The third-order valence-electron chi connectivity index (χ3n) is 2.89. The van der Waals surface area contributed by atoms with Crippen LogP contribution in [-0.2, 0) is 13.1 Å². The molecule has 2 N–H and O–H groups in total. The van der Waals surface area contributed by atoms with Crippen LogP contribution in [0.5, 0.6) is 0 Å². The SMILES string of the molecule is O=C(NCc1ccc(F)c(F)c1)NCc1ccc(Cl)cc1Cl. The molecule has 0 fully saturated rings. The van der Waals surface area contributed by atoms with E-state index in [1.54, 1.807) is 18.2 Å². The Morgan fingerprint density at radius 1 is 0.955 bits per heavy atom. The zero-order chi connectivity index (χ0) is 16.1. The Balaban J connectivity index is 1.84. The second kappa shape index (κ2) is 7.42. The van der Waals surface area contributed by atoms with Gasteiger partial charge in [0.25, 0.3) is 0 Å². The molecular weight excluding hydrogens is 333 g/mol. The molecule has 3 nitrogen and oxygen atoms in total. The van der Waals surface area contributed by atoms with E-state index in [1.807, 2.05) is 0 Å². The Morgan fingerprint density at radius 3 is 2.36 bits per heavy atom. The van der Waals surface area contributed by atoms with Crippen LogP contribution in [0.3, 0.4) is 0 Å². The first-order valence-electron chi connectivity index (χ1n) is 6.35. The Labute approximate surface area is 136 Å². The molecule has 2 amide bonds. The summed E-state index contributed by atoms with van der Waals surface area (Å²) in [5, 5.41) is 6.11. The fourth-order valence-corrected chi connectivity index (χ4v) is 2.21. The van der Waals surface area contributed by atoms with Gasteiger partial charge in [0.1, 0.15) is 0 Å². The van der Waals surface area contributed by atoms with E-state index >= 15 is 0 Å². The lowest BCUT2D eigenvalue weighted by Crippen LogP contribution is -2.34. The van der Waals surface area contributed by atoms with E-state index in [-0.39, 0.29) is 13.1 Å². The van der Waals surface area contributed by atoms with Crippen molar-refractivity contribution < 1.29 is 13.6 Å². The highest BCUT2D eigenvalue weighted by molar-refractivity contribution is 6.35. The smallest absolute Gasteiger partial charge is 0.315 e. The Morgan fingerprint density at radius 2 is 1.68 bits per heavy atom. The number of amides is 2. The van der Waals surface area contributed by atoms with E-state index in [9.17, 15) is 13.6 Å². The maximum Gasteiger partial charge on any atom is 0.315 e. The number of halogens is 4. The fraction of sp³-hybridized carbons (Fsp3) is 0.133. The summed E-state index contributed by atoms with van der Waals surface area (Å²) < 4.78 is 25.8. The minimum atomic E-state index is -0.951. The van der Waals surface area contributed by atoms with Crippen molar-refractivity contribution in [1.29, 1.82) is 0 Å². The van der Waals surface area contributed by atoms with Gasteiger partial charge in [-0.05, 0) is 35.4 Å². The van der Waals surface area contributed by atoms with Gasteiger partial charge in [-0.2, -0.15) is 0 Å². The van der Waals surface area contributed by atoms with Crippen molar-refractivity contribution >= 4 is 29.2 Å². The average Bonchev–Trinajstić information content (AvgIpc) is 2.47. The van der Waals surface area contributed by atoms with Gasteiger partial charge in [0.2, 0.25) is 0 Å². The topological polar surface area (TPSA) is 41.1 Å². The molecule has 0 saturated carbocycles. The van der Waals surface area contributed by atoms with Crippen molar-refractivity contribution in [2.75, 3.05) is 0 Å². The highest BCUT2D eigenvalue weighted by Gasteiger charge is 2.06. The summed E-state index contributed by atoms with van der Waals surface area (Å²) in [4.78, 5) is 11.7. The van der Waals surface area contributed by atoms with Crippen LogP contribution in [0.25, 0.3) is 0 Å². The van der Waals surface area contributed by atoms with Crippen LogP contribution >= 0.6 is 23.2 Å². The molecule has 0 unspecified atom stereocenters. The first kappa shape index (κ1) is 16.5. The van der Waals surface area contributed by atoms with Crippen molar-refractivity contribution in [2.24, 2.45) is 0 Å². The van der Waals surface area contributed by atoms with E-state index in [4.69, 9.17) is 23.2 Å². The zero-order valence-electron chi connectivity index (χ0n) is 11.3. The van der Waals surface area contributed by atoms with Crippen LogP contribution in [0.2, 0.25) is 10.0 Å². The maximum atomic E-state index is 13.0. The normalized spacial score (nSPS) is 10.4. The van der Waals surface area contributed by atoms with Crippen LogP contribution in [0, 0.1) is 11.6 Å². The largest absolute Gasteiger partial charge is 0.334 e. The quantitative estimate of drug-likeness (QED) is 0.854. The molecule has 22 heavy (non-hydrogen) atoms. The fourth-order valence-electron chi connectivity index (χ4n) is 1.73. The minimum absolute atomic E-state index is 0.0807. The van der Waals surface area contributed by atoms with Crippen LogP contribution in [0.1, 0.15) is 11.1 Å². The predicted molar refractivity (Wildman–Crippen MR) is 81.9 cm³/mol. The molecule has 2 rings (SSSR count). The average molecular weight is 345 g/mol. The molecule has 0 bridgehead atoms. The Bertz CT molecular complexity index is 695. The van der Waals surface area contributed by atoms with E-state index in [0.717, 1.165) is 12.1 Å². The van der Waals surface area contributed by atoms with E-state index < -0.39 is 17.7 Å². The van der Waals surface area contributed by atoms with E-state index in [2.05, 4.69) is 10.6 Å². The molecule has 0 radical (unpaired) electrons. The summed E-state index contributed by atoms with van der Waals surface area (Å²) in [6.07, 6.45) is 0. The second-order valence-corrected chi connectivity index (χ2v) is 5.36. The molecule has 0 saturated heterocycles. The molecule has 0 aliphatic heterocycles. The summed E-state index contributed by atoms with van der Waals surface area (Å²) >= 11 is 11.8. The Kier molecular flexibility index (Phi) is 5.57. The summed E-state index contributed by atoms with van der Waals surface area (Å²) in [6, 6.07) is 7.96. The molecule has 2 aromatic rings. The predicted octanol–water partition coefficient (Wildman–Crippen LogP) is 4.27. The summed E-state index contributed by atoms with van der Waals surface area (Å²) in [6.45, 7) is 0.303. The molecule has 0 heterocycles. The second-order valence-electron chi connectivity index (χ2n) is 4.52. The van der Waals surface area contributed by atoms with Gasteiger partial charge in [0, 0.05) is 23.1 Å². The lowest BCUT2D eigenvalue weighted by molar-refractivity contribution is 0.240. The zero-order valence-corrected chi connectivity index (χ0v) is 12.8. The highest BCUT2D eigenvalue weighted by Crippen LogP contribution is 2.20. The van der Waals surface area contributed by atoms with Crippen LogP contribution in [-0.4, -0.2) is 6.03 Å². The van der Waals surface area contributed by atoms with Gasteiger partial charge in [-0.1, -0.05) is 35.3 Å². The standard InChI is InChI=1S/C15H12Cl2F2N2O/c16-11-3-2-10(12(17)6-11)8-21-15(22)20-7-9-1-4-13(18)14(19)5-9/h1-6H,7-8H2,(H2,20,21,22). The van der Waals surface area contributed by atoms with Crippen molar-refractivity contribution in [1.82, 2.24) is 10.6 Å². The van der Waals surface area contributed by atoms with Gasteiger partial charge in [0.05, 0.1) is 0 Å². The number of nitrogens with one attached hydrogen (secondary N) is 2. The number of urea groups is 1. The molecule has 2 aromatic carbocycles. The summed E-state index contributed by atoms with van der Waals surface area (Å²) in [5.74, 6) is -1.88. The number of hydrogen-bond donors (Lipinski definition) is 2. The van der Waals surface area contributed by atoms with Gasteiger partial charge in [0.15, 0.2) is 11.6 Å². The summed E-state index contributed by atoms with van der Waals surface area (Å²) in [7, 11) is 0. The van der Waals surface area contributed by atoms with Gasteiger partial charge in [-0.25, -0.2) is 13.6 Å². The van der Waals surface area contributed by atoms with Crippen molar-refractivity contribution in [3.05, 3.63) is 69.2 Å². The monoisotopic (exact) mass is 344 g/mol. The first-order valence-corrected chi connectivity index (χ1v) is 7.11. The van der Waals surface area contributed by atoms with Crippen LogP contribution in [0.15, 0.2) is 36.4 Å². The first-order chi connectivity index (χ1) is 10.5. The lowest BCUT2D eigenvalue weighted by Gasteiger charge is -2.09. The Hall–Kier alpha value is -1.85. The minimum Gasteiger partial charge on any atom is -0.334 e. The third-order valence-corrected chi connectivity index (χ3v) is 3.48. The highest BCUT2D eigenvalue weighted by atomic mass is 35.5. The number of hydrogen-bond acceptors (Lipinski definition) is 1. The molecule has 0 aromatic heterocycles. The molecule has 0 aliphatic carbocycles. The van der Waals surface area contributed by atoms with Gasteiger partial charge in [-0.3, -0.25) is 0 Å². The van der Waals surface area contributed by atoms with Crippen molar-refractivity contribution in [3.8, 4) is 0 Å².